The fourth-order valence-electron chi connectivity index (χ4n) is 6.95. The molecule has 210 valence electrons. The topological polar surface area (TPSA) is 13.1 Å². The van der Waals surface area contributed by atoms with Gasteiger partial charge in [0.05, 0.1) is 0 Å². The molecule has 0 atom stereocenters. The quantitative estimate of drug-likeness (QED) is 0.191. The minimum atomic E-state index is 0.919. The van der Waals surface area contributed by atoms with Crippen LogP contribution in [-0.4, -0.2) is 0 Å². The number of fused-ring (bicyclic) bond motifs is 5. The summed E-state index contributed by atoms with van der Waals surface area (Å²) < 4.78 is 6.09. The van der Waals surface area contributed by atoms with Gasteiger partial charge in [0, 0.05) is 10.8 Å². The number of hydrogen-bond donors (Lipinski definition) is 0. The number of rotatable bonds is 4. The second kappa shape index (κ2) is 10.4. The van der Waals surface area contributed by atoms with Crippen LogP contribution in [0.4, 0.5) is 0 Å². The SMILES string of the molecule is c1ccc(-c2ccc3c(-c4ccccc4)c4ccccc4c(-c4ccc(-c5ccc6oc7ccccc7c6c5)cc4)c3c2)cc1. The van der Waals surface area contributed by atoms with Crippen LogP contribution in [0.3, 0.4) is 0 Å². The number of benzene rings is 8. The summed E-state index contributed by atoms with van der Waals surface area (Å²) in [6.07, 6.45) is 0. The van der Waals surface area contributed by atoms with E-state index in [1.165, 1.54) is 66.1 Å². The Balaban J connectivity index is 1.27. The monoisotopic (exact) mass is 572 g/mol. The normalized spacial score (nSPS) is 11.6. The van der Waals surface area contributed by atoms with E-state index in [4.69, 9.17) is 4.42 Å². The van der Waals surface area contributed by atoms with E-state index >= 15 is 0 Å². The Morgan fingerprint density at radius 2 is 0.667 bits per heavy atom. The summed E-state index contributed by atoms with van der Waals surface area (Å²) in [7, 11) is 0. The number of furan rings is 1. The average Bonchev–Trinajstić information content (AvgIpc) is 3.49. The van der Waals surface area contributed by atoms with Crippen LogP contribution < -0.4 is 0 Å². The van der Waals surface area contributed by atoms with Crippen LogP contribution in [0.1, 0.15) is 0 Å². The third-order valence-electron chi connectivity index (χ3n) is 9.08. The van der Waals surface area contributed by atoms with Gasteiger partial charge in [0.1, 0.15) is 11.2 Å². The zero-order chi connectivity index (χ0) is 29.7. The van der Waals surface area contributed by atoms with Crippen molar-refractivity contribution in [1.82, 2.24) is 0 Å². The maximum atomic E-state index is 6.09. The van der Waals surface area contributed by atoms with E-state index in [0.717, 1.165) is 21.9 Å². The molecule has 8 aromatic carbocycles. The van der Waals surface area contributed by atoms with Gasteiger partial charge in [-0.1, -0.05) is 146 Å². The largest absolute Gasteiger partial charge is 0.456 e. The van der Waals surface area contributed by atoms with Gasteiger partial charge in [-0.05, 0) is 90.3 Å². The minimum absolute atomic E-state index is 0.919. The Labute approximate surface area is 261 Å². The Kier molecular flexibility index (Phi) is 5.89. The van der Waals surface area contributed by atoms with Crippen molar-refractivity contribution in [3.63, 3.8) is 0 Å². The first-order valence-corrected chi connectivity index (χ1v) is 15.4. The lowest BCUT2D eigenvalue weighted by atomic mass is 9.84. The van der Waals surface area contributed by atoms with Crippen molar-refractivity contribution in [1.29, 1.82) is 0 Å². The average molecular weight is 573 g/mol. The van der Waals surface area contributed by atoms with E-state index in [2.05, 4.69) is 158 Å². The molecule has 9 aromatic rings. The molecular weight excluding hydrogens is 544 g/mol. The molecule has 0 N–H and O–H groups in total. The lowest BCUT2D eigenvalue weighted by molar-refractivity contribution is 0.669. The molecule has 0 aliphatic heterocycles. The van der Waals surface area contributed by atoms with E-state index in [1.807, 2.05) is 12.1 Å². The molecule has 0 unspecified atom stereocenters. The molecule has 0 aliphatic rings. The molecule has 0 saturated heterocycles. The van der Waals surface area contributed by atoms with Gasteiger partial charge in [-0.15, -0.1) is 0 Å². The molecule has 9 rings (SSSR count). The zero-order valence-electron chi connectivity index (χ0n) is 24.6. The first-order valence-electron chi connectivity index (χ1n) is 15.4. The van der Waals surface area contributed by atoms with Gasteiger partial charge in [0.2, 0.25) is 0 Å². The molecule has 0 radical (unpaired) electrons. The fourth-order valence-corrected chi connectivity index (χ4v) is 6.95. The highest BCUT2D eigenvalue weighted by molar-refractivity contribution is 6.22. The van der Waals surface area contributed by atoms with Gasteiger partial charge in [-0.3, -0.25) is 0 Å². The van der Waals surface area contributed by atoms with Crippen molar-refractivity contribution in [3.05, 3.63) is 170 Å². The predicted molar refractivity (Wildman–Crippen MR) is 190 cm³/mol. The van der Waals surface area contributed by atoms with Crippen molar-refractivity contribution < 1.29 is 4.42 Å². The molecule has 1 nitrogen and oxygen atoms in total. The van der Waals surface area contributed by atoms with E-state index in [-0.39, 0.29) is 0 Å². The lowest BCUT2D eigenvalue weighted by Crippen LogP contribution is -1.92. The summed E-state index contributed by atoms with van der Waals surface area (Å²) in [5.41, 5.74) is 11.6. The lowest BCUT2D eigenvalue weighted by Gasteiger charge is -2.19. The third kappa shape index (κ3) is 4.24. The molecule has 1 heteroatoms. The first-order chi connectivity index (χ1) is 22.3. The zero-order valence-corrected chi connectivity index (χ0v) is 24.6. The summed E-state index contributed by atoms with van der Waals surface area (Å²) in [6, 6.07) is 61.1. The van der Waals surface area contributed by atoms with Crippen LogP contribution >= 0.6 is 0 Å². The maximum Gasteiger partial charge on any atom is 0.135 e. The Bertz CT molecular complexity index is 2500. The third-order valence-corrected chi connectivity index (χ3v) is 9.08. The number of hydrogen-bond acceptors (Lipinski definition) is 1. The molecule has 1 heterocycles. The van der Waals surface area contributed by atoms with Crippen LogP contribution in [0.2, 0.25) is 0 Å². The molecule has 0 aliphatic carbocycles. The summed E-state index contributed by atoms with van der Waals surface area (Å²) in [5.74, 6) is 0. The Morgan fingerprint density at radius 3 is 1.38 bits per heavy atom. The van der Waals surface area contributed by atoms with Crippen molar-refractivity contribution >= 4 is 43.5 Å². The highest BCUT2D eigenvalue weighted by Crippen LogP contribution is 2.45. The highest BCUT2D eigenvalue weighted by atomic mass is 16.3. The first kappa shape index (κ1) is 25.6. The summed E-state index contributed by atoms with van der Waals surface area (Å²) in [6.45, 7) is 0. The van der Waals surface area contributed by atoms with E-state index in [1.54, 1.807) is 0 Å². The summed E-state index contributed by atoms with van der Waals surface area (Å²) in [4.78, 5) is 0. The van der Waals surface area contributed by atoms with Crippen LogP contribution in [0.15, 0.2) is 174 Å². The van der Waals surface area contributed by atoms with E-state index < -0.39 is 0 Å². The van der Waals surface area contributed by atoms with E-state index in [9.17, 15) is 0 Å². The standard InChI is InChI=1S/C44H28O/c1-3-11-29(12-4-1)33-23-25-38-40(28-33)44(37-17-8-7-16-36(37)43(38)31-13-5-2-6-14-31)32-21-19-30(20-22-32)34-24-26-42-39(27-34)35-15-9-10-18-41(35)45-42/h1-28H. The van der Waals surface area contributed by atoms with Crippen molar-refractivity contribution in [2.24, 2.45) is 0 Å². The van der Waals surface area contributed by atoms with Crippen LogP contribution in [0.25, 0.3) is 88.0 Å². The molecule has 0 saturated carbocycles. The van der Waals surface area contributed by atoms with E-state index in [0.29, 0.717) is 0 Å². The van der Waals surface area contributed by atoms with Gasteiger partial charge >= 0.3 is 0 Å². The van der Waals surface area contributed by atoms with Gasteiger partial charge in [0.15, 0.2) is 0 Å². The summed E-state index contributed by atoms with van der Waals surface area (Å²) >= 11 is 0. The predicted octanol–water partition coefficient (Wildman–Crippen LogP) is 12.6. The molecule has 1 aromatic heterocycles. The van der Waals surface area contributed by atoms with Gasteiger partial charge in [0.25, 0.3) is 0 Å². The second-order valence-corrected chi connectivity index (χ2v) is 11.7. The van der Waals surface area contributed by atoms with Crippen molar-refractivity contribution in [3.8, 4) is 44.5 Å². The van der Waals surface area contributed by atoms with Crippen molar-refractivity contribution in [2.45, 2.75) is 0 Å². The molecule has 0 bridgehead atoms. The van der Waals surface area contributed by atoms with Gasteiger partial charge in [-0.2, -0.15) is 0 Å². The van der Waals surface area contributed by atoms with Crippen molar-refractivity contribution in [2.75, 3.05) is 0 Å². The molecule has 0 amide bonds. The molecule has 0 spiro atoms. The Morgan fingerprint density at radius 1 is 0.244 bits per heavy atom. The molecule has 0 fully saturated rings. The summed E-state index contributed by atoms with van der Waals surface area (Å²) in [5, 5.41) is 7.34. The maximum absolute atomic E-state index is 6.09. The minimum Gasteiger partial charge on any atom is -0.456 e. The van der Waals surface area contributed by atoms with Crippen LogP contribution in [-0.2, 0) is 0 Å². The fraction of sp³-hybridized carbons (Fsp3) is 0. The second-order valence-electron chi connectivity index (χ2n) is 11.7. The molecule has 45 heavy (non-hydrogen) atoms. The highest BCUT2D eigenvalue weighted by Gasteiger charge is 2.18. The smallest absolute Gasteiger partial charge is 0.135 e. The molecular formula is C44H28O. The van der Waals surface area contributed by atoms with Gasteiger partial charge in [-0.25, -0.2) is 0 Å². The number of para-hydroxylation sites is 1. The van der Waals surface area contributed by atoms with Crippen LogP contribution in [0, 0.1) is 0 Å². The van der Waals surface area contributed by atoms with Crippen LogP contribution in [0.5, 0.6) is 0 Å². The Hall–Kier alpha value is -5.92. The van der Waals surface area contributed by atoms with Gasteiger partial charge < -0.3 is 4.42 Å².